The molecule has 0 N–H and O–H groups in total. The SMILES string of the molecule is CC(C)CN1CC(C(=O)N2CCC(Oc3ncccn3)CC2)CC1=O. The molecule has 1 atom stereocenters. The number of carbonyl (C=O) groups is 2. The largest absolute Gasteiger partial charge is 0.460 e. The van der Waals surface area contributed by atoms with Crippen LogP contribution in [0.3, 0.4) is 0 Å². The predicted octanol–water partition coefficient (Wildman–Crippen LogP) is 1.35. The van der Waals surface area contributed by atoms with Gasteiger partial charge in [-0.2, -0.15) is 0 Å². The van der Waals surface area contributed by atoms with Crippen molar-refractivity contribution in [1.29, 1.82) is 0 Å². The number of hydrogen-bond acceptors (Lipinski definition) is 5. The Balaban J connectivity index is 1.48. The summed E-state index contributed by atoms with van der Waals surface area (Å²) in [5.41, 5.74) is 0. The zero-order chi connectivity index (χ0) is 17.8. The minimum atomic E-state index is -0.193. The van der Waals surface area contributed by atoms with Crippen LogP contribution in [0.15, 0.2) is 18.5 Å². The van der Waals surface area contributed by atoms with E-state index in [9.17, 15) is 9.59 Å². The minimum absolute atomic E-state index is 0.0362. The molecule has 7 heteroatoms. The van der Waals surface area contributed by atoms with Gasteiger partial charge in [0, 0.05) is 57.8 Å². The van der Waals surface area contributed by atoms with Crippen LogP contribution in [0.1, 0.15) is 33.1 Å². The second-order valence-electron chi connectivity index (χ2n) is 7.27. The van der Waals surface area contributed by atoms with Crippen molar-refractivity contribution in [3.63, 3.8) is 0 Å². The Morgan fingerprint density at radius 3 is 2.60 bits per heavy atom. The fraction of sp³-hybridized carbons (Fsp3) is 0.667. The highest BCUT2D eigenvalue weighted by Gasteiger charge is 2.37. The number of aromatic nitrogens is 2. The lowest BCUT2D eigenvalue weighted by molar-refractivity contribution is -0.137. The third kappa shape index (κ3) is 4.46. The van der Waals surface area contributed by atoms with E-state index in [1.165, 1.54) is 0 Å². The molecule has 0 aliphatic carbocycles. The fourth-order valence-electron chi connectivity index (χ4n) is 3.50. The van der Waals surface area contributed by atoms with Crippen LogP contribution in [0.4, 0.5) is 0 Å². The molecule has 7 nitrogen and oxygen atoms in total. The minimum Gasteiger partial charge on any atom is -0.460 e. The Morgan fingerprint density at radius 2 is 1.96 bits per heavy atom. The number of hydrogen-bond donors (Lipinski definition) is 0. The second-order valence-corrected chi connectivity index (χ2v) is 7.27. The highest BCUT2D eigenvalue weighted by Crippen LogP contribution is 2.24. The van der Waals surface area contributed by atoms with Crippen molar-refractivity contribution in [3.05, 3.63) is 18.5 Å². The average Bonchev–Trinajstić information content (AvgIpc) is 2.96. The molecule has 2 fully saturated rings. The predicted molar refractivity (Wildman–Crippen MR) is 91.8 cm³/mol. The van der Waals surface area contributed by atoms with Crippen LogP contribution in [-0.2, 0) is 9.59 Å². The summed E-state index contributed by atoms with van der Waals surface area (Å²) < 4.78 is 5.76. The van der Waals surface area contributed by atoms with Gasteiger partial charge in [-0.15, -0.1) is 0 Å². The van der Waals surface area contributed by atoms with Crippen molar-refractivity contribution in [2.24, 2.45) is 11.8 Å². The van der Waals surface area contributed by atoms with E-state index >= 15 is 0 Å². The number of piperidine rings is 1. The molecule has 136 valence electrons. The number of ether oxygens (including phenoxy) is 1. The van der Waals surface area contributed by atoms with Crippen LogP contribution in [0.5, 0.6) is 6.01 Å². The van der Waals surface area contributed by atoms with E-state index in [4.69, 9.17) is 4.74 Å². The second kappa shape index (κ2) is 7.80. The normalized spacial score (nSPS) is 21.9. The fourth-order valence-corrected chi connectivity index (χ4v) is 3.50. The molecule has 0 aromatic carbocycles. The number of nitrogens with zero attached hydrogens (tertiary/aromatic N) is 4. The van der Waals surface area contributed by atoms with Gasteiger partial charge in [0.15, 0.2) is 0 Å². The molecule has 2 aliphatic rings. The molecule has 2 amide bonds. The quantitative estimate of drug-likeness (QED) is 0.804. The lowest BCUT2D eigenvalue weighted by atomic mass is 10.0. The molecular formula is C18H26N4O3. The van der Waals surface area contributed by atoms with E-state index in [0.29, 0.717) is 38.0 Å². The summed E-state index contributed by atoms with van der Waals surface area (Å²) in [4.78, 5) is 36.7. The van der Waals surface area contributed by atoms with Crippen LogP contribution >= 0.6 is 0 Å². The summed E-state index contributed by atoms with van der Waals surface area (Å²) >= 11 is 0. The summed E-state index contributed by atoms with van der Waals surface area (Å²) in [7, 11) is 0. The van der Waals surface area contributed by atoms with Crippen LogP contribution < -0.4 is 4.74 Å². The Hall–Kier alpha value is -2.18. The van der Waals surface area contributed by atoms with Crippen LogP contribution in [0.25, 0.3) is 0 Å². The zero-order valence-corrected chi connectivity index (χ0v) is 14.9. The van der Waals surface area contributed by atoms with E-state index < -0.39 is 0 Å². The molecule has 3 heterocycles. The van der Waals surface area contributed by atoms with Crippen molar-refractivity contribution < 1.29 is 14.3 Å². The maximum atomic E-state index is 12.7. The molecule has 0 saturated carbocycles. The Kier molecular flexibility index (Phi) is 5.50. The van der Waals surface area contributed by atoms with Crippen LogP contribution in [0.2, 0.25) is 0 Å². The lowest BCUT2D eigenvalue weighted by Gasteiger charge is -2.33. The summed E-state index contributed by atoms with van der Waals surface area (Å²) in [5.74, 6) is 0.438. The van der Waals surface area contributed by atoms with Crippen molar-refractivity contribution >= 4 is 11.8 Å². The van der Waals surface area contributed by atoms with Gasteiger partial charge < -0.3 is 14.5 Å². The molecule has 1 unspecified atom stereocenters. The standard InChI is InChI=1S/C18H26N4O3/c1-13(2)11-22-12-14(10-16(22)23)17(24)21-8-4-15(5-9-21)25-18-19-6-3-7-20-18/h3,6-7,13-15H,4-5,8-12H2,1-2H3. The number of amides is 2. The molecule has 0 radical (unpaired) electrons. The van der Waals surface area contributed by atoms with Gasteiger partial charge in [0.1, 0.15) is 6.10 Å². The van der Waals surface area contributed by atoms with E-state index in [0.717, 1.165) is 19.4 Å². The van der Waals surface area contributed by atoms with Crippen LogP contribution in [-0.4, -0.2) is 63.9 Å². The van der Waals surface area contributed by atoms with E-state index in [1.54, 1.807) is 18.5 Å². The van der Waals surface area contributed by atoms with Crippen molar-refractivity contribution in [3.8, 4) is 6.01 Å². The van der Waals surface area contributed by atoms with E-state index in [-0.39, 0.29) is 23.8 Å². The van der Waals surface area contributed by atoms with Gasteiger partial charge in [0.25, 0.3) is 0 Å². The van der Waals surface area contributed by atoms with Gasteiger partial charge in [-0.1, -0.05) is 13.8 Å². The molecule has 0 spiro atoms. The number of carbonyl (C=O) groups excluding carboxylic acids is 2. The third-order valence-electron chi connectivity index (χ3n) is 4.72. The van der Waals surface area contributed by atoms with Gasteiger partial charge in [0.2, 0.25) is 11.8 Å². The maximum absolute atomic E-state index is 12.7. The number of likely N-dealkylation sites (tertiary alicyclic amines) is 2. The third-order valence-corrected chi connectivity index (χ3v) is 4.72. The topological polar surface area (TPSA) is 75.6 Å². The van der Waals surface area contributed by atoms with Gasteiger partial charge in [-0.25, -0.2) is 9.97 Å². The summed E-state index contributed by atoms with van der Waals surface area (Å²) in [5, 5.41) is 0. The molecule has 2 aliphatic heterocycles. The van der Waals surface area contributed by atoms with Crippen molar-refractivity contribution in [1.82, 2.24) is 19.8 Å². The first-order chi connectivity index (χ1) is 12.0. The Bertz CT molecular complexity index is 600. The lowest BCUT2D eigenvalue weighted by Crippen LogP contribution is -2.45. The highest BCUT2D eigenvalue weighted by atomic mass is 16.5. The molecular weight excluding hydrogens is 320 g/mol. The molecule has 3 rings (SSSR count). The van der Waals surface area contributed by atoms with Crippen molar-refractivity contribution in [2.45, 2.75) is 39.2 Å². The Morgan fingerprint density at radius 1 is 1.28 bits per heavy atom. The van der Waals surface area contributed by atoms with Crippen molar-refractivity contribution in [2.75, 3.05) is 26.2 Å². The van der Waals surface area contributed by atoms with Gasteiger partial charge >= 0.3 is 6.01 Å². The van der Waals surface area contributed by atoms with E-state index in [1.807, 2.05) is 9.80 Å². The highest BCUT2D eigenvalue weighted by molar-refractivity contribution is 5.89. The maximum Gasteiger partial charge on any atom is 0.316 e. The Labute approximate surface area is 148 Å². The monoisotopic (exact) mass is 346 g/mol. The molecule has 1 aromatic rings. The smallest absolute Gasteiger partial charge is 0.316 e. The summed E-state index contributed by atoms with van der Waals surface area (Å²) in [6.45, 7) is 6.78. The summed E-state index contributed by atoms with van der Waals surface area (Å²) in [6, 6.07) is 2.14. The zero-order valence-electron chi connectivity index (χ0n) is 14.9. The molecule has 25 heavy (non-hydrogen) atoms. The van der Waals surface area contributed by atoms with Gasteiger partial charge in [-0.05, 0) is 12.0 Å². The van der Waals surface area contributed by atoms with Gasteiger partial charge in [-0.3, -0.25) is 9.59 Å². The van der Waals surface area contributed by atoms with Gasteiger partial charge in [0.05, 0.1) is 5.92 Å². The molecule has 1 aromatic heterocycles. The van der Waals surface area contributed by atoms with E-state index in [2.05, 4.69) is 23.8 Å². The number of rotatable bonds is 5. The first kappa shape index (κ1) is 17.6. The molecule has 2 saturated heterocycles. The average molecular weight is 346 g/mol. The summed E-state index contributed by atoms with van der Waals surface area (Å²) in [6.07, 6.45) is 5.22. The first-order valence-corrected chi connectivity index (χ1v) is 9.03. The molecule has 0 bridgehead atoms. The first-order valence-electron chi connectivity index (χ1n) is 9.03. The van der Waals surface area contributed by atoms with Crippen LogP contribution in [0, 0.1) is 11.8 Å².